The van der Waals surface area contributed by atoms with E-state index in [1.165, 1.54) is 0 Å². The minimum atomic E-state index is -0.425. The van der Waals surface area contributed by atoms with Crippen LogP contribution in [0.25, 0.3) is 5.57 Å². The highest BCUT2D eigenvalue weighted by Crippen LogP contribution is 2.37. The van der Waals surface area contributed by atoms with Crippen molar-refractivity contribution in [3.8, 4) is 0 Å². The first-order valence-corrected chi connectivity index (χ1v) is 10.4. The maximum Gasteiger partial charge on any atom is 0.282 e. The van der Waals surface area contributed by atoms with E-state index in [0.717, 1.165) is 38.4 Å². The van der Waals surface area contributed by atoms with Crippen LogP contribution in [0.4, 0.5) is 11.4 Å². The minimum Gasteiger partial charge on any atom is -0.350 e. The lowest BCUT2D eigenvalue weighted by Crippen LogP contribution is -2.32. The molecule has 4 rings (SSSR count). The molecule has 0 unspecified atom stereocenters. The molecule has 1 heterocycles. The second-order valence-corrected chi connectivity index (χ2v) is 8.30. The molecule has 0 radical (unpaired) electrons. The van der Waals surface area contributed by atoms with Gasteiger partial charge in [0.05, 0.1) is 16.3 Å². The summed E-state index contributed by atoms with van der Waals surface area (Å²) in [4.78, 5) is 28.2. The fourth-order valence-electron chi connectivity index (χ4n) is 3.81. The predicted molar refractivity (Wildman–Crippen MR) is 126 cm³/mol. The number of imide groups is 1. The third-order valence-electron chi connectivity index (χ3n) is 5.60. The number of nitrogens with one attached hydrogen (secondary N) is 1. The topological polar surface area (TPSA) is 49.4 Å². The highest BCUT2D eigenvalue weighted by molar-refractivity contribution is 6.48. The molecule has 0 bridgehead atoms. The van der Waals surface area contributed by atoms with Crippen LogP contribution in [-0.2, 0) is 9.59 Å². The summed E-state index contributed by atoms with van der Waals surface area (Å²) in [6, 6.07) is 18.6. The first kappa shape index (κ1) is 20.9. The van der Waals surface area contributed by atoms with Gasteiger partial charge in [-0.05, 0) is 74.2 Å². The summed E-state index contributed by atoms with van der Waals surface area (Å²) >= 11 is 6.34. The molecule has 156 valence electrons. The minimum absolute atomic E-state index is 0.250. The van der Waals surface area contributed by atoms with Crippen LogP contribution in [-0.4, -0.2) is 11.8 Å². The lowest BCUT2D eigenvalue weighted by molar-refractivity contribution is -0.120. The van der Waals surface area contributed by atoms with Gasteiger partial charge in [-0.2, -0.15) is 0 Å². The van der Waals surface area contributed by atoms with E-state index in [9.17, 15) is 9.59 Å². The van der Waals surface area contributed by atoms with Gasteiger partial charge in [-0.3, -0.25) is 9.59 Å². The first-order valence-electron chi connectivity index (χ1n) is 10.1. The third-order valence-corrected chi connectivity index (χ3v) is 5.92. The number of hydrogen-bond acceptors (Lipinski definition) is 3. The van der Waals surface area contributed by atoms with Gasteiger partial charge in [0.1, 0.15) is 5.70 Å². The van der Waals surface area contributed by atoms with Crippen molar-refractivity contribution in [2.24, 2.45) is 0 Å². The van der Waals surface area contributed by atoms with Crippen LogP contribution in [0.3, 0.4) is 0 Å². The number of para-hydroxylation sites is 1. The fourth-order valence-corrected chi connectivity index (χ4v) is 4.03. The summed E-state index contributed by atoms with van der Waals surface area (Å²) in [7, 11) is 0. The van der Waals surface area contributed by atoms with Gasteiger partial charge in [-0.25, -0.2) is 4.90 Å². The normalized spacial score (nSPS) is 13.9. The third kappa shape index (κ3) is 3.75. The van der Waals surface area contributed by atoms with E-state index in [-0.39, 0.29) is 5.70 Å². The molecule has 3 aromatic rings. The number of aryl methyl sites for hydroxylation is 4. The molecule has 1 N–H and O–H groups in total. The molecule has 0 aliphatic carbocycles. The number of nitrogens with zero attached hydrogens (tertiary/aromatic N) is 1. The number of halogens is 1. The average Bonchev–Trinajstić information content (AvgIpc) is 2.95. The Morgan fingerprint density at radius 3 is 2.19 bits per heavy atom. The highest BCUT2D eigenvalue weighted by Gasteiger charge is 2.41. The van der Waals surface area contributed by atoms with E-state index in [2.05, 4.69) is 5.32 Å². The summed E-state index contributed by atoms with van der Waals surface area (Å²) in [6.45, 7) is 7.98. The van der Waals surface area contributed by atoms with Crippen molar-refractivity contribution < 1.29 is 9.59 Å². The molecular weight excluding hydrogens is 408 g/mol. The molecule has 0 spiro atoms. The summed E-state index contributed by atoms with van der Waals surface area (Å²) in [5.41, 5.74) is 6.72. The number of carbonyl (C=O) groups excluding carboxylic acids is 2. The van der Waals surface area contributed by atoms with Gasteiger partial charge in [-0.1, -0.05) is 53.6 Å². The van der Waals surface area contributed by atoms with Crippen LogP contribution in [0.2, 0.25) is 5.02 Å². The van der Waals surface area contributed by atoms with Crippen LogP contribution in [0.1, 0.15) is 27.8 Å². The summed E-state index contributed by atoms with van der Waals surface area (Å²) in [5, 5.41) is 3.57. The van der Waals surface area contributed by atoms with Gasteiger partial charge >= 0.3 is 0 Å². The van der Waals surface area contributed by atoms with E-state index in [4.69, 9.17) is 11.6 Å². The molecule has 0 atom stereocenters. The van der Waals surface area contributed by atoms with Crippen molar-refractivity contribution in [2.75, 3.05) is 10.2 Å². The maximum atomic E-state index is 13.6. The largest absolute Gasteiger partial charge is 0.350 e. The second kappa shape index (κ2) is 8.05. The molecule has 0 saturated heterocycles. The molecule has 1 aliphatic rings. The Bertz CT molecular complexity index is 1260. The van der Waals surface area contributed by atoms with Gasteiger partial charge in [-0.15, -0.1) is 0 Å². The van der Waals surface area contributed by atoms with Gasteiger partial charge < -0.3 is 5.32 Å². The summed E-state index contributed by atoms with van der Waals surface area (Å²) in [6.07, 6.45) is 0. The average molecular weight is 431 g/mol. The smallest absolute Gasteiger partial charge is 0.282 e. The van der Waals surface area contributed by atoms with Gasteiger partial charge in [0, 0.05) is 5.69 Å². The van der Waals surface area contributed by atoms with E-state index in [1.54, 1.807) is 24.3 Å². The Labute approximate surface area is 187 Å². The quantitative estimate of drug-likeness (QED) is 0.518. The SMILES string of the molecule is Cc1ccc(C2=C(Nc3ccc(C)c(C)c3)C(=O)N(c3ccccc3Cl)C2=O)c(C)c1. The zero-order valence-corrected chi connectivity index (χ0v) is 18.7. The zero-order chi connectivity index (χ0) is 22.3. The van der Waals surface area contributed by atoms with Crippen molar-refractivity contribution in [3.05, 3.63) is 99.2 Å². The molecule has 0 aromatic heterocycles. The molecule has 31 heavy (non-hydrogen) atoms. The molecule has 0 fully saturated rings. The Kier molecular flexibility index (Phi) is 5.42. The van der Waals surface area contributed by atoms with Gasteiger partial charge in [0.25, 0.3) is 11.8 Å². The van der Waals surface area contributed by atoms with Gasteiger partial charge in [0.15, 0.2) is 0 Å². The molecular formula is C26H23ClN2O2. The summed E-state index contributed by atoms with van der Waals surface area (Å²) in [5.74, 6) is -0.817. The molecule has 2 amide bonds. The number of benzene rings is 3. The molecule has 5 heteroatoms. The molecule has 3 aromatic carbocycles. The van der Waals surface area contributed by atoms with Gasteiger partial charge in [0.2, 0.25) is 0 Å². The van der Waals surface area contributed by atoms with Crippen LogP contribution in [0.5, 0.6) is 0 Å². The van der Waals surface area contributed by atoms with Crippen molar-refractivity contribution in [1.82, 2.24) is 0 Å². The van der Waals surface area contributed by atoms with Crippen LogP contribution >= 0.6 is 11.6 Å². The Morgan fingerprint density at radius 2 is 1.52 bits per heavy atom. The van der Waals surface area contributed by atoms with E-state index >= 15 is 0 Å². The molecule has 4 nitrogen and oxygen atoms in total. The summed E-state index contributed by atoms with van der Waals surface area (Å²) < 4.78 is 0. The van der Waals surface area contributed by atoms with Crippen molar-refractivity contribution in [3.63, 3.8) is 0 Å². The van der Waals surface area contributed by atoms with Crippen molar-refractivity contribution in [1.29, 1.82) is 0 Å². The first-order chi connectivity index (χ1) is 14.8. The number of hydrogen-bond donors (Lipinski definition) is 1. The monoisotopic (exact) mass is 430 g/mol. The van der Waals surface area contributed by atoms with Crippen LogP contribution < -0.4 is 10.2 Å². The predicted octanol–water partition coefficient (Wildman–Crippen LogP) is 5.97. The number of amides is 2. The van der Waals surface area contributed by atoms with Crippen molar-refractivity contribution in [2.45, 2.75) is 27.7 Å². The second-order valence-electron chi connectivity index (χ2n) is 7.89. The molecule has 1 aliphatic heterocycles. The lowest BCUT2D eigenvalue weighted by Gasteiger charge is -2.17. The van der Waals surface area contributed by atoms with Crippen LogP contribution in [0.15, 0.2) is 66.4 Å². The number of carbonyl (C=O) groups is 2. The zero-order valence-electron chi connectivity index (χ0n) is 17.9. The maximum absolute atomic E-state index is 13.6. The van der Waals surface area contributed by atoms with E-state index in [0.29, 0.717) is 16.3 Å². The van der Waals surface area contributed by atoms with Crippen molar-refractivity contribution >= 4 is 40.4 Å². The van der Waals surface area contributed by atoms with E-state index in [1.807, 2.05) is 64.1 Å². The number of anilines is 2. The number of rotatable bonds is 4. The Morgan fingerprint density at radius 1 is 0.774 bits per heavy atom. The van der Waals surface area contributed by atoms with E-state index < -0.39 is 11.8 Å². The highest BCUT2D eigenvalue weighted by atomic mass is 35.5. The standard InChI is InChI=1S/C26H23ClN2O2/c1-15-9-12-20(18(4)13-15)23-24(28-19-11-10-16(2)17(3)14-19)26(31)29(25(23)30)22-8-6-5-7-21(22)27/h5-14,28H,1-4H3. The molecule has 0 saturated carbocycles. The fraction of sp³-hybridized carbons (Fsp3) is 0.154. The lowest BCUT2D eigenvalue weighted by atomic mass is 9.97. The van der Waals surface area contributed by atoms with Crippen LogP contribution in [0, 0.1) is 27.7 Å². The Hall–Kier alpha value is -3.37. The Balaban J connectivity index is 1.88.